The minimum Gasteiger partial charge on any atom is -0.297 e. The molecule has 0 aliphatic carbocycles. The third-order valence-electron chi connectivity index (χ3n) is 2.16. The lowest BCUT2D eigenvalue weighted by Gasteiger charge is -2.15. The van der Waals surface area contributed by atoms with E-state index in [1.807, 2.05) is 6.07 Å². The van der Waals surface area contributed by atoms with Crippen molar-refractivity contribution in [3.63, 3.8) is 0 Å². The third kappa shape index (κ3) is 1.34. The van der Waals surface area contributed by atoms with E-state index in [1.165, 1.54) is 0 Å². The van der Waals surface area contributed by atoms with Crippen molar-refractivity contribution in [2.24, 2.45) is 0 Å². The van der Waals surface area contributed by atoms with Crippen LogP contribution in [-0.4, -0.2) is 19.1 Å². The molecule has 0 unspecified atom stereocenters. The highest BCUT2D eigenvalue weighted by Gasteiger charge is 2.22. The van der Waals surface area contributed by atoms with Crippen molar-refractivity contribution < 1.29 is 4.79 Å². The van der Waals surface area contributed by atoms with Gasteiger partial charge in [-0.1, -0.05) is 12.1 Å². The predicted octanol–water partition coefficient (Wildman–Crippen LogP) is 0.452. The standard InChI is InChI=1S/C10H9N3O/c11-5-8-3-1-2-4-9(8)13-7-12-6-10(13)14/h1-4,12H,6-7H2. The third-order valence-corrected chi connectivity index (χ3v) is 2.16. The zero-order valence-corrected chi connectivity index (χ0v) is 7.53. The van der Waals surface area contributed by atoms with Gasteiger partial charge in [0.2, 0.25) is 5.91 Å². The number of nitrogens with zero attached hydrogens (tertiary/aromatic N) is 2. The number of hydrogen-bond donors (Lipinski definition) is 1. The average molecular weight is 187 g/mol. The highest BCUT2D eigenvalue weighted by molar-refractivity contribution is 5.97. The first-order valence-electron chi connectivity index (χ1n) is 4.33. The second kappa shape index (κ2) is 3.48. The molecule has 1 aromatic carbocycles. The lowest BCUT2D eigenvalue weighted by atomic mass is 10.2. The SMILES string of the molecule is N#Cc1ccccc1N1CNCC1=O. The molecule has 1 saturated heterocycles. The summed E-state index contributed by atoms with van der Waals surface area (Å²) in [5, 5.41) is 11.8. The van der Waals surface area contributed by atoms with Crippen molar-refractivity contribution in [1.82, 2.24) is 5.32 Å². The normalized spacial score (nSPS) is 15.6. The number of benzene rings is 1. The zero-order valence-electron chi connectivity index (χ0n) is 7.53. The van der Waals surface area contributed by atoms with Crippen LogP contribution in [-0.2, 0) is 4.79 Å². The fourth-order valence-corrected chi connectivity index (χ4v) is 1.48. The molecule has 0 atom stereocenters. The van der Waals surface area contributed by atoms with Gasteiger partial charge in [-0.15, -0.1) is 0 Å². The predicted molar refractivity (Wildman–Crippen MR) is 51.5 cm³/mol. The molecule has 70 valence electrons. The van der Waals surface area contributed by atoms with Crippen LogP contribution in [0.2, 0.25) is 0 Å². The Balaban J connectivity index is 2.41. The Morgan fingerprint density at radius 1 is 1.43 bits per heavy atom. The summed E-state index contributed by atoms with van der Waals surface area (Å²) in [7, 11) is 0. The van der Waals surface area contributed by atoms with Gasteiger partial charge in [-0.2, -0.15) is 5.26 Å². The molecule has 2 rings (SSSR count). The lowest BCUT2D eigenvalue weighted by Crippen LogP contribution is -2.26. The highest BCUT2D eigenvalue weighted by Crippen LogP contribution is 2.20. The van der Waals surface area contributed by atoms with Crippen LogP contribution in [0.4, 0.5) is 5.69 Å². The van der Waals surface area contributed by atoms with E-state index < -0.39 is 0 Å². The summed E-state index contributed by atoms with van der Waals surface area (Å²) in [5.41, 5.74) is 1.22. The van der Waals surface area contributed by atoms with Crippen LogP contribution in [0.25, 0.3) is 0 Å². The Bertz CT molecular complexity index is 408. The van der Waals surface area contributed by atoms with Crippen LogP contribution in [0, 0.1) is 11.3 Å². The number of carbonyl (C=O) groups excluding carboxylic acids is 1. The van der Waals surface area contributed by atoms with E-state index >= 15 is 0 Å². The maximum absolute atomic E-state index is 11.4. The molecule has 14 heavy (non-hydrogen) atoms. The number of nitriles is 1. The highest BCUT2D eigenvalue weighted by atomic mass is 16.2. The van der Waals surface area contributed by atoms with Crippen molar-refractivity contribution in [2.75, 3.05) is 18.1 Å². The topological polar surface area (TPSA) is 56.1 Å². The number of anilines is 1. The minimum atomic E-state index is 0.00713. The van der Waals surface area contributed by atoms with Gasteiger partial charge in [0.1, 0.15) is 6.07 Å². The maximum Gasteiger partial charge on any atom is 0.242 e. The average Bonchev–Trinajstić information content (AvgIpc) is 2.64. The second-order valence-corrected chi connectivity index (χ2v) is 3.04. The molecule has 0 aromatic heterocycles. The van der Waals surface area contributed by atoms with Gasteiger partial charge in [-0.3, -0.25) is 15.0 Å². The molecule has 1 fully saturated rings. The number of carbonyl (C=O) groups is 1. The van der Waals surface area contributed by atoms with Crippen LogP contribution in [0.3, 0.4) is 0 Å². The van der Waals surface area contributed by atoms with E-state index in [0.717, 1.165) is 0 Å². The van der Waals surface area contributed by atoms with Crippen molar-refractivity contribution in [2.45, 2.75) is 0 Å². The summed E-state index contributed by atoms with van der Waals surface area (Å²) in [6.07, 6.45) is 0. The fraction of sp³-hybridized carbons (Fsp3) is 0.200. The summed E-state index contributed by atoms with van der Waals surface area (Å²) in [6, 6.07) is 9.17. The summed E-state index contributed by atoms with van der Waals surface area (Å²) in [6.45, 7) is 0.831. The van der Waals surface area contributed by atoms with E-state index in [-0.39, 0.29) is 5.91 Å². The van der Waals surface area contributed by atoms with E-state index in [1.54, 1.807) is 23.1 Å². The Morgan fingerprint density at radius 2 is 2.21 bits per heavy atom. The summed E-state index contributed by atoms with van der Waals surface area (Å²) in [4.78, 5) is 13.0. The first-order chi connectivity index (χ1) is 6.83. The summed E-state index contributed by atoms with van der Waals surface area (Å²) in [5.74, 6) is 0.00713. The molecule has 0 bridgehead atoms. The van der Waals surface area contributed by atoms with Crippen LogP contribution in [0.1, 0.15) is 5.56 Å². The Morgan fingerprint density at radius 3 is 2.86 bits per heavy atom. The van der Waals surface area contributed by atoms with Crippen LogP contribution in [0.5, 0.6) is 0 Å². The van der Waals surface area contributed by atoms with Crippen LogP contribution >= 0.6 is 0 Å². The summed E-state index contributed by atoms with van der Waals surface area (Å²) < 4.78 is 0. The molecule has 1 amide bonds. The molecular formula is C10H9N3O. The number of para-hydroxylation sites is 1. The maximum atomic E-state index is 11.4. The quantitative estimate of drug-likeness (QED) is 0.694. The van der Waals surface area contributed by atoms with E-state index in [2.05, 4.69) is 11.4 Å². The lowest BCUT2D eigenvalue weighted by molar-refractivity contribution is -0.116. The van der Waals surface area contributed by atoms with Crippen LogP contribution in [0.15, 0.2) is 24.3 Å². The molecular weight excluding hydrogens is 178 g/mol. The summed E-state index contributed by atoms with van der Waals surface area (Å²) >= 11 is 0. The van der Waals surface area contributed by atoms with E-state index in [0.29, 0.717) is 24.5 Å². The van der Waals surface area contributed by atoms with Gasteiger partial charge >= 0.3 is 0 Å². The number of nitrogens with one attached hydrogen (secondary N) is 1. The molecule has 1 heterocycles. The first-order valence-corrected chi connectivity index (χ1v) is 4.33. The smallest absolute Gasteiger partial charge is 0.242 e. The van der Waals surface area contributed by atoms with Crippen LogP contribution < -0.4 is 10.2 Å². The minimum absolute atomic E-state index is 0.00713. The largest absolute Gasteiger partial charge is 0.297 e. The first kappa shape index (κ1) is 8.73. The van der Waals surface area contributed by atoms with Gasteiger partial charge in [0.25, 0.3) is 0 Å². The second-order valence-electron chi connectivity index (χ2n) is 3.04. The molecule has 1 aromatic rings. The van der Waals surface area contributed by atoms with Crippen molar-refractivity contribution in [3.8, 4) is 6.07 Å². The van der Waals surface area contributed by atoms with Gasteiger partial charge in [0, 0.05) is 0 Å². The van der Waals surface area contributed by atoms with Gasteiger partial charge in [-0.05, 0) is 12.1 Å². The number of amides is 1. The monoisotopic (exact) mass is 187 g/mol. The Hall–Kier alpha value is -1.86. The zero-order chi connectivity index (χ0) is 9.97. The van der Waals surface area contributed by atoms with Gasteiger partial charge < -0.3 is 0 Å². The molecule has 0 spiro atoms. The Labute approximate surface area is 81.7 Å². The van der Waals surface area contributed by atoms with Gasteiger partial charge in [0.15, 0.2) is 0 Å². The van der Waals surface area contributed by atoms with Crippen molar-refractivity contribution in [1.29, 1.82) is 5.26 Å². The Kier molecular flexibility index (Phi) is 2.17. The molecule has 1 aliphatic rings. The number of rotatable bonds is 1. The molecule has 4 heteroatoms. The van der Waals surface area contributed by atoms with Crippen molar-refractivity contribution in [3.05, 3.63) is 29.8 Å². The molecule has 1 N–H and O–H groups in total. The molecule has 0 radical (unpaired) electrons. The van der Waals surface area contributed by atoms with Gasteiger partial charge in [-0.25, -0.2) is 0 Å². The fourth-order valence-electron chi connectivity index (χ4n) is 1.48. The molecule has 4 nitrogen and oxygen atoms in total. The van der Waals surface area contributed by atoms with Crippen molar-refractivity contribution >= 4 is 11.6 Å². The van der Waals surface area contributed by atoms with E-state index in [4.69, 9.17) is 5.26 Å². The van der Waals surface area contributed by atoms with Gasteiger partial charge in [0.05, 0.1) is 24.5 Å². The molecule has 0 saturated carbocycles. The number of hydrogen-bond acceptors (Lipinski definition) is 3. The molecule has 1 aliphatic heterocycles. The van der Waals surface area contributed by atoms with E-state index in [9.17, 15) is 4.79 Å².